The van der Waals surface area contributed by atoms with Crippen LogP contribution in [0.15, 0.2) is 0 Å². The topological polar surface area (TPSA) is 24.5 Å². The molecule has 0 amide bonds. The van der Waals surface area contributed by atoms with Gasteiger partial charge in [-0.1, -0.05) is 6.92 Å². The third-order valence-corrected chi connectivity index (χ3v) is 3.75. The van der Waals surface area contributed by atoms with Crippen molar-refractivity contribution in [3.05, 3.63) is 0 Å². The fourth-order valence-corrected chi connectivity index (χ4v) is 2.56. The fourth-order valence-electron chi connectivity index (χ4n) is 2.56. The van der Waals surface area contributed by atoms with Crippen molar-refractivity contribution in [2.45, 2.75) is 51.1 Å². The predicted molar refractivity (Wildman–Crippen MR) is 66.7 cm³/mol. The smallest absolute Gasteiger partial charge is 0.0480 e. The summed E-state index contributed by atoms with van der Waals surface area (Å²) in [6, 6.07) is 1.60. The minimum Gasteiger partial charge on any atom is -0.381 e. The molecule has 0 aromatic carbocycles. The van der Waals surface area contributed by atoms with Gasteiger partial charge < -0.3 is 10.1 Å². The van der Waals surface area contributed by atoms with Gasteiger partial charge in [-0.2, -0.15) is 0 Å². The van der Waals surface area contributed by atoms with E-state index in [1.807, 2.05) is 0 Å². The molecule has 1 atom stereocenters. The van der Waals surface area contributed by atoms with Crippen LogP contribution in [0.4, 0.5) is 0 Å². The highest BCUT2D eigenvalue weighted by molar-refractivity contribution is 4.84. The molecule has 1 saturated carbocycles. The lowest BCUT2D eigenvalue weighted by Gasteiger charge is -2.22. The summed E-state index contributed by atoms with van der Waals surface area (Å²) in [7, 11) is 0. The van der Waals surface area contributed by atoms with Crippen LogP contribution in [0.2, 0.25) is 0 Å². The van der Waals surface area contributed by atoms with Gasteiger partial charge >= 0.3 is 0 Å². The van der Waals surface area contributed by atoms with Crippen molar-refractivity contribution < 1.29 is 4.74 Å². The molecule has 0 radical (unpaired) electrons. The first-order valence-electron chi connectivity index (χ1n) is 6.95. The third-order valence-electron chi connectivity index (χ3n) is 3.75. The van der Waals surface area contributed by atoms with Crippen LogP contribution in [-0.4, -0.2) is 49.8 Å². The Morgan fingerprint density at radius 2 is 2.06 bits per heavy atom. The molecule has 2 aliphatic rings. The van der Waals surface area contributed by atoms with Crippen LogP contribution in [0.5, 0.6) is 0 Å². The Balaban J connectivity index is 1.58. The van der Waals surface area contributed by atoms with Crippen molar-refractivity contribution in [3.8, 4) is 0 Å². The molecular weight excluding hydrogens is 200 g/mol. The van der Waals surface area contributed by atoms with Crippen molar-refractivity contribution in [2.24, 2.45) is 0 Å². The van der Waals surface area contributed by atoms with E-state index < -0.39 is 0 Å². The Labute approximate surface area is 99.5 Å². The van der Waals surface area contributed by atoms with E-state index in [2.05, 4.69) is 17.1 Å². The van der Waals surface area contributed by atoms with Gasteiger partial charge in [0.05, 0.1) is 0 Å². The molecule has 1 aliphatic carbocycles. The molecule has 1 aliphatic heterocycles. The summed E-state index contributed by atoms with van der Waals surface area (Å²) in [5.74, 6) is 0. The molecule has 2 rings (SSSR count). The summed E-state index contributed by atoms with van der Waals surface area (Å²) >= 11 is 0. The van der Waals surface area contributed by atoms with Crippen molar-refractivity contribution in [3.63, 3.8) is 0 Å². The van der Waals surface area contributed by atoms with Gasteiger partial charge in [-0.3, -0.25) is 4.90 Å². The van der Waals surface area contributed by atoms with E-state index in [9.17, 15) is 0 Å². The number of likely N-dealkylation sites (N-methyl/N-ethyl adjacent to an activating group) is 1. The molecule has 1 heterocycles. The average molecular weight is 226 g/mol. The Bertz CT molecular complexity index is 186. The Morgan fingerprint density at radius 3 is 2.81 bits per heavy atom. The quantitative estimate of drug-likeness (QED) is 0.745. The largest absolute Gasteiger partial charge is 0.381 e. The zero-order valence-electron chi connectivity index (χ0n) is 10.6. The van der Waals surface area contributed by atoms with E-state index in [1.54, 1.807) is 0 Å². The van der Waals surface area contributed by atoms with Gasteiger partial charge in [0, 0.05) is 38.4 Å². The number of nitrogens with one attached hydrogen (secondary N) is 1. The van der Waals surface area contributed by atoms with Crippen molar-refractivity contribution in [1.29, 1.82) is 0 Å². The molecule has 0 aromatic rings. The maximum Gasteiger partial charge on any atom is 0.0480 e. The van der Waals surface area contributed by atoms with Gasteiger partial charge in [-0.05, 0) is 38.6 Å². The first kappa shape index (κ1) is 12.3. The van der Waals surface area contributed by atoms with E-state index >= 15 is 0 Å². The number of hydrogen-bond donors (Lipinski definition) is 1. The monoisotopic (exact) mass is 226 g/mol. The molecule has 94 valence electrons. The number of rotatable bonds is 6. The van der Waals surface area contributed by atoms with Gasteiger partial charge in [-0.25, -0.2) is 0 Å². The fraction of sp³-hybridized carbons (Fsp3) is 1.00. The molecule has 1 saturated heterocycles. The highest BCUT2D eigenvalue weighted by Crippen LogP contribution is 2.25. The number of hydrogen-bond acceptors (Lipinski definition) is 3. The van der Waals surface area contributed by atoms with Crippen LogP contribution >= 0.6 is 0 Å². The average Bonchev–Trinajstić information content (AvgIpc) is 3.11. The SMILES string of the molecule is CCN(CCNC1CCCOCC1)C1CC1. The third kappa shape index (κ3) is 4.04. The summed E-state index contributed by atoms with van der Waals surface area (Å²) < 4.78 is 5.47. The molecule has 2 fully saturated rings. The lowest BCUT2D eigenvalue weighted by Crippen LogP contribution is -2.38. The van der Waals surface area contributed by atoms with Crippen LogP contribution in [0, 0.1) is 0 Å². The van der Waals surface area contributed by atoms with E-state index in [0.717, 1.165) is 25.8 Å². The Morgan fingerprint density at radius 1 is 1.19 bits per heavy atom. The first-order chi connectivity index (χ1) is 7.90. The predicted octanol–water partition coefficient (Wildman–Crippen LogP) is 1.63. The van der Waals surface area contributed by atoms with Crippen molar-refractivity contribution in [1.82, 2.24) is 10.2 Å². The molecule has 1 unspecified atom stereocenters. The summed E-state index contributed by atoms with van der Waals surface area (Å²) in [6.45, 7) is 7.75. The zero-order valence-corrected chi connectivity index (χ0v) is 10.6. The number of nitrogens with zero attached hydrogens (tertiary/aromatic N) is 1. The highest BCUT2D eigenvalue weighted by atomic mass is 16.5. The maximum atomic E-state index is 5.47. The molecule has 0 bridgehead atoms. The zero-order chi connectivity index (χ0) is 11.2. The van der Waals surface area contributed by atoms with Gasteiger partial charge in [0.2, 0.25) is 0 Å². The summed E-state index contributed by atoms with van der Waals surface area (Å²) in [5.41, 5.74) is 0. The second kappa shape index (κ2) is 6.58. The lowest BCUT2D eigenvalue weighted by atomic mass is 10.1. The molecule has 3 heteroatoms. The summed E-state index contributed by atoms with van der Waals surface area (Å²) in [5, 5.41) is 3.69. The molecule has 0 aromatic heterocycles. The lowest BCUT2D eigenvalue weighted by molar-refractivity contribution is 0.142. The van der Waals surface area contributed by atoms with Gasteiger partial charge in [0.25, 0.3) is 0 Å². The first-order valence-corrected chi connectivity index (χ1v) is 6.95. The normalized spacial score (nSPS) is 27.0. The standard InChI is InChI=1S/C13H26N2O/c1-2-15(13-5-6-13)9-8-14-12-4-3-10-16-11-7-12/h12-14H,2-11H2,1H3. The second-order valence-electron chi connectivity index (χ2n) is 5.05. The second-order valence-corrected chi connectivity index (χ2v) is 5.05. The van der Waals surface area contributed by atoms with E-state index in [4.69, 9.17) is 4.74 Å². The maximum absolute atomic E-state index is 5.47. The van der Waals surface area contributed by atoms with Gasteiger partial charge in [-0.15, -0.1) is 0 Å². The minimum absolute atomic E-state index is 0.695. The summed E-state index contributed by atoms with van der Waals surface area (Å²) in [6.07, 6.45) is 6.54. The van der Waals surface area contributed by atoms with E-state index in [1.165, 1.54) is 45.2 Å². The molecule has 3 nitrogen and oxygen atoms in total. The molecule has 0 spiro atoms. The van der Waals surface area contributed by atoms with Crippen molar-refractivity contribution >= 4 is 0 Å². The highest BCUT2D eigenvalue weighted by Gasteiger charge is 2.27. The number of ether oxygens (including phenoxy) is 1. The van der Waals surface area contributed by atoms with Crippen LogP contribution < -0.4 is 5.32 Å². The minimum atomic E-state index is 0.695. The summed E-state index contributed by atoms with van der Waals surface area (Å²) in [4.78, 5) is 2.61. The van der Waals surface area contributed by atoms with Gasteiger partial charge in [0.1, 0.15) is 0 Å². The van der Waals surface area contributed by atoms with Crippen LogP contribution in [0.1, 0.15) is 39.0 Å². The Kier molecular flexibility index (Phi) is 5.07. The molecular formula is C13H26N2O. The molecule has 16 heavy (non-hydrogen) atoms. The van der Waals surface area contributed by atoms with Crippen LogP contribution in [0.3, 0.4) is 0 Å². The van der Waals surface area contributed by atoms with E-state index in [0.29, 0.717) is 6.04 Å². The molecule has 1 N–H and O–H groups in total. The van der Waals surface area contributed by atoms with Gasteiger partial charge in [0.15, 0.2) is 0 Å². The Hall–Kier alpha value is -0.120. The van der Waals surface area contributed by atoms with Crippen molar-refractivity contribution in [2.75, 3.05) is 32.8 Å². The van der Waals surface area contributed by atoms with Crippen LogP contribution in [0.25, 0.3) is 0 Å². The van der Waals surface area contributed by atoms with Crippen LogP contribution in [-0.2, 0) is 4.74 Å². The van der Waals surface area contributed by atoms with E-state index in [-0.39, 0.29) is 0 Å².